The Hall–Kier alpha value is -3.51. The van der Waals surface area contributed by atoms with Gasteiger partial charge in [0.2, 0.25) is 15.9 Å². The van der Waals surface area contributed by atoms with Gasteiger partial charge in [-0.1, -0.05) is 6.92 Å². The molecule has 11 nitrogen and oxygen atoms in total. The van der Waals surface area contributed by atoms with Crippen molar-refractivity contribution in [3.05, 3.63) is 48.0 Å². The summed E-state index contributed by atoms with van der Waals surface area (Å²) in [6.45, 7) is 3.99. The Morgan fingerprint density at radius 2 is 1.89 bits per heavy atom. The van der Waals surface area contributed by atoms with E-state index in [1.54, 1.807) is 68.4 Å². The molecule has 3 rings (SSSR count). The Bertz CT molecular complexity index is 1240. The quantitative estimate of drug-likeness (QED) is 0.461. The maximum Gasteiger partial charge on any atom is 0.321 e. The van der Waals surface area contributed by atoms with Gasteiger partial charge in [-0.15, -0.1) is 0 Å². The van der Waals surface area contributed by atoms with Crippen LogP contribution in [0.5, 0.6) is 11.5 Å². The van der Waals surface area contributed by atoms with E-state index in [0.717, 1.165) is 6.26 Å². The number of amides is 3. The number of anilines is 2. The number of aliphatic hydroxyl groups excluding tert-OH is 1. The van der Waals surface area contributed by atoms with Crippen LogP contribution < -0.4 is 19.5 Å². The molecule has 0 saturated heterocycles. The number of urea groups is 1. The Morgan fingerprint density at radius 3 is 2.50 bits per heavy atom. The highest BCUT2D eigenvalue weighted by molar-refractivity contribution is 7.92. The number of sulfonamides is 1. The second-order valence-electron chi connectivity index (χ2n) is 9.62. The molecule has 0 aliphatic carbocycles. The van der Waals surface area contributed by atoms with Crippen LogP contribution in [-0.2, 0) is 21.2 Å². The number of nitrogens with one attached hydrogen (secondary N) is 2. The van der Waals surface area contributed by atoms with Gasteiger partial charge < -0.3 is 29.7 Å². The molecular formula is C26H36N4O7S. The number of rotatable bonds is 8. The third-order valence-electron chi connectivity index (χ3n) is 6.36. The van der Waals surface area contributed by atoms with E-state index in [1.165, 1.54) is 4.90 Å². The lowest BCUT2D eigenvalue weighted by molar-refractivity contribution is -0.134. The normalized spacial score (nSPS) is 18.7. The van der Waals surface area contributed by atoms with Gasteiger partial charge in [0.1, 0.15) is 17.6 Å². The van der Waals surface area contributed by atoms with Crippen molar-refractivity contribution in [2.45, 2.75) is 32.4 Å². The van der Waals surface area contributed by atoms with Crippen molar-refractivity contribution < 1.29 is 32.6 Å². The van der Waals surface area contributed by atoms with Crippen LogP contribution in [0, 0.1) is 5.92 Å². The van der Waals surface area contributed by atoms with Gasteiger partial charge in [0.25, 0.3) is 0 Å². The van der Waals surface area contributed by atoms with Crippen molar-refractivity contribution in [3.8, 4) is 11.5 Å². The molecule has 0 fully saturated rings. The van der Waals surface area contributed by atoms with Crippen molar-refractivity contribution in [1.29, 1.82) is 0 Å². The molecule has 0 aromatic heterocycles. The van der Waals surface area contributed by atoms with E-state index in [0.29, 0.717) is 35.0 Å². The molecular weight excluding hydrogens is 512 g/mol. The monoisotopic (exact) mass is 548 g/mol. The van der Waals surface area contributed by atoms with E-state index < -0.39 is 22.2 Å². The molecule has 0 unspecified atom stereocenters. The molecule has 0 spiro atoms. The van der Waals surface area contributed by atoms with E-state index in [-0.39, 0.29) is 37.4 Å². The molecule has 0 radical (unpaired) electrons. The highest BCUT2D eigenvalue weighted by Gasteiger charge is 2.32. The number of likely N-dealkylation sites (N-methyl/N-ethyl adjacent to an activating group) is 1. The minimum atomic E-state index is -3.52. The number of benzene rings is 2. The highest BCUT2D eigenvalue weighted by atomic mass is 32.2. The summed E-state index contributed by atoms with van der Waals surface area (Å²) in [4.78, 5) is 29.3. The third-order valence-corrected chi connectivity index (χ3v) is 6.97. The van der Waals surface area contributed by atoms with Crippen molar-refractivity contribution in [1.82, 2.24) is 9.80 Å². The van der Waals surface area contributed by atoms with E-state index in [1.807, 2.05) is 6.92 Å². The number of fused-ring (bicyclic) bond motifs is 1. The summed E-state index contributed by atoms with van der Waals surface area (Å²) in [5.74, 6) is 0.681. The van der Waals surface area contributed by atoms with E-state index in [2.05, 4.69) is 10.0 Å². The zero-order chi connectivity index (χ0) is 28.0. The van der Waals surface area contributed by atoms with Crippen LogP contribution in [-0.4, -0.2) is 87.5 Å². The predicted molar refractivity (Wildman–Crippen MR) is 145 cm³/mol. The van der Waals surface area contributed by atoms with Crippen molar-refractivity contribution in [2.75, 3.05) is 50.1 Å². The Kier molecular flexibility index (Phi) is 9.45. The first kappa shape index (κ1) is 29.1. The van der Waals surface area contributed by atoms with Gasteiger partial charge in [-0.05, 0) is 49.4 Å². The molecule has 2 aromatic carbocycles. The average Bonchev–Trinajstić information content (AvgIpc) is 2.90. The molecule has 2 aromatic rings. The molecule has 12 heteroatoms. The smallest absolute Gasteiger partial charge is 0.321 e. The Morgan fingerprint density at radius 1 is 1.24 bits per heavy atom. The first-order chi connectivity index (χ1) is 17.9. The Labute approximate surface area is 223 Å². The first-order valence-corrected chi connectivity index (χ1v) is 14.1. The number of hydrogen-bond acceptors (Lipinski definition) is 7. The lowest BCUT2D eigenvalue weighted by Gasteiger charge is -2.34. The fourth-order valence-corrected chi connectivity index (χ4v) is 4.73. The van der Waals surface area contributed by atoms with Gasteiger partial charge in [0.15, 0.2) is 0 Å². The van der Waals surface area contributed by atoms with Crippen molar-refractivity contribution >= 4 is 33.3 Å². The van der Waals surface area contributed by atoms with Crippen molar-refractivity contribution in [2.24, 2.45) is 5.92 Å². The van der Waals surface area contributed by atoms with Gasteiger partial charge in [-0.25, -0.2) is 13.2 Å². The number of hydrogen-bond donors (Lipinski definition) is 3. The molecule has 0 saturated carbocycles. The first-order valence-electron chi connectivity index (χ1n) is 12.2. The molecule has 1 aliphatic heterocycles. The molecule has 0 bridgehead atoms. The second kappa shape index (κ2) is 12.4. The fraction of sp³-hybridized carbons (Fsp3) is 0.462. The summed E-state index contributed by atoms with van der Waals surface area (Å²) in [7, 11) is -0.301. The summed E-state index contributed by atoms with van der Waals surface area (Å²) in [6.07, 6.45) is 0.506. The Balaban J connectivity index is 1.87. The number of carbonyl (C=O) groups is 2. The summed E-state index contributed by atoms with van der Waals surface area (Å²) in [6, 6.07) is 11.0. The topological polar surface area (TPSA) is 138 Å². The van der Waals surface area contributed by atoms with Gasteiger partial charge >= 0.3 is 6.03 Å². The summed E-state index contributed by atoms with van der Waals surface area (Å²) >= 11 is 0. The van der Waals surface area contributed by atoms with Crippen molar-refractivity contribution in [3.63, 3.8) is 0 Å². The second-order valence-corrected chi connectivity index (χ2v) is 11.4. The number of carbonyl (C=O) groups excluding carboxylic acids is 2. The third kappa shape index (κ3) is 7.75. The summed E-state index contributed by atoms with van der Waals surface area (Å²) in [5, 5.41) is 12.6. The van der Waals surface area contributed by atoms with Gasteiger partial charge in [0.05, 0.1) is 39.0 Å². The number of nitrogens with zero attached hydrogens (tertiary/aromatic N) is 2. The van der Waals surface area contributed by atoms with Gasteiger partial charge in [-0.2, -0.15) is 0 Å². The highest BCUT2D eigenvalue weighted by Crippen LogP contribution is 2.29. The standard InChI is InChI=1S/C26H36N4O7S/c1-17-14-30(18(2)16-31)25(32)13-19-12-21(28-38(5,34)35)8-11-23(19)37-24(17)15-29(3)26(33)27-20-6-9-22(36-4)10-7-20/h6-12,17-18,24,28,31H,13-16H2,1-5H3,(H,27,33)/t17-,18-,24-/m1/s1. The maximum absolute atomic E-state index is 13.2. The summed E-state index contributed by atoms with van der Waals surface area (Å²) in [5.41, 5.74) is 1.42. The van der Waals surface area contributed by atoms with Gasteiger partial charge in [0, 0.05) is 36.4 Å². The van der Waals surface area contributed by atoms with Crippen LogP contribution in [0.15, 0.2) is 42.5 Å². The largest absolute Gasteiger partial charge is 0.497 e. The van der Waals surface area contributed by atoms with Crippen LogP contribution in [0.3, 0.4) is 0 Å². The summed E-state index contributed by atoms with van der Waals surface area (Å²) < 4.78 is 37.4. The SMILES string of the molecule is COc1ccc(NC(=O)N(C)C[C@H]2Oc3ccc(NS(C)(=O)=O)cc3CC(=O)N([C@H](C)CO)C[C@H]2C)cc1. The minimum absolute atomic E-state index is 0.0355. The number of methoxy groups -OCH3 is 1. The molecule has 3 N–H and O–H groups in total. The lowest BCUT2D eigenvalue weighted by Crippen LogP contribution is -2.48. The molecule has 1 heterocycles. The van der Waals surface area contributed by atoms with Crippen LogP contribution in [0.1, 0.15) is 19.4 Å². The van der Waals surface area contributed by atoms with Crippen LogP contribution in [0.25, 0.3) is 0 Å². The molecule has 3 atom stereocenters. The van der Waals surface area contributed by atoms with E-state index >= 15 is 0 Å². The van der Waals surface area contributed by atoms with Crippen LogP contribution in [0.2, 0.25) is 0 Å². The molecule has 3 amide bonds. The average molecular weight is 549 g/mol. The van der Waals surface area contributed by atoms with Gasteiger partial charge in [-0.3, -0.25) is 9.52 Å². The fourth-order valence-electron chi connectivity index (χ4n) is 4.17. The maximum atomic E-state index is 13.2. The zero-order valence-corrected chi connectivity index (χ0v) is 23.1. The zero-order valence-electron chi connectivity index (χ0n) is 22.3. The van der Waals surface area contributed by atoms with Crippen LogP contribution >= 0.6 is 0 Å². The predicted octanol–water partition coefficient (Wildman–Crippen LogP) is 2.38. The number of ether oxygens (including phenoxy) is 2. The van der Waals surface area contributed by atoms with E-state index in [4.69, 9.17) is 9.47 Å². The van der Waals surface area contributed by atoms with E-state index in [9.17, 15) is 23.1 Å². The number of aliphatic hydroxyl groups is 1. The minimum Gasteiger partial charge on any atom is -0.497 e. The molecule has 1 aliphatic rings. The molecule has 208 valence electrons. The lowest BCUT2D eigenvalue weighted by atomic mass is 10.0. The molecule has 38 heavy (non-hydrogen) atoms. The van der Waals surface area contributed by atoms with Crippen LogP contribution in [0.4, 0.5) is 16.2 Å².